The molecule has 2 rings (SSSR count). The summed E-state index contributed by atoms with van der Waals surface area (Å²) >= 11 is 1.51. The molecule has 1 atom stereocenters. The first kappa shape index (κ1) is 14.2. The van der Waals surface area contributed by atoms with Crippen LogP contribution in [0, 0.1) is 0 Å². The summed E-state index contributed by atoms with van der Waals surface area (Å²) in [5, 5.41) is 9.84. The van der Waals surface area contributed by atoms with Crippen LogP contribution in [0.15, 0.2) is 29.2 Å². The Balaban J connectivity index is 1.83. The number of ether oxygens (including phenoxy) is 1. The van der Waals surface area contributed by atoms with Crippen LogP contribution in [-0.4, -0.2) is 47.5 Å². The van der Waals surface area contributed by atoms with Crippen LogP contribution >= 0.6 is 11.8 Å². The van der Waals surface area contributed by atoms with Gasteiger partial charge in [0, 0.05) is 18.0 Å². The lowest BCUT2D eigenvalue weighted by atomic mass is 10.1. The molecule has 0 aromatic heterocycles. The zero-order chi connectivity index (χ0) is 13.9. The molecule has 0 bridgehead atoms. The van der Waals surface area contributed by atoms with Crippen molar-refractivity contribution in [3.8, 4) is 5.75 Å². The van der Waals surface area contributed by atoms with Crippen LogP contribution in [0.3, 0.4) is 0 Å². The zero-order valence-corrected chi connectivity index (χ0v) is 12.1. The van der Waals surface area contributed by atoms with Crippen LogP contribution in [-0.2, 0) is 4.79 Å². The Morgan fingerprint density at radius 3 is 2.68 bits per heavy atom. The molecule has 1 unspecified atom stereocenters. The highest BCUT2D eigenvalue weighted by atomic mass is 32.2. The zero-order valence-electron chi connectivity index (χ0n) is 11.3. The number of aliphatic hydroxyl groups is 1. The number of hydrogen-bond acceptors (Lipinski definition) is 4. The highest BCUT2D eigenvalue weighted by Crippen LogP contribution is 2.24. The fourth-order valence-electron chi connectivity index (χ4n) is 2.07. The van der Waals surface area contributed by atoms with Crippen molar-refractivity contribution in [2.24, 2.45) is 0 Å². The minimum Gasteiger partial charge on any atom is -0.497 e. The first-order chi connectivity index (χ1) is 9.00. The molecule has 1 saturated heterocycles. The molecule has 1 aliphatic heterocycles. The maximum absolute atomic E-state index is 12.0. The van der Waals surface area contributed by atoms with Crippen molar-refractivity contribution < 1.29 is 14.6 Å². The number of amides is 1. The van der Waals surface area contributed by atoms with Crippen LogP contribution in [0.4, 0.5) is 0 Å². The van der Waals surface area contributed by atoms with E-state index in [9.17, 15) is 9.90 Å². The van der Waals surface area contributed by atoms with E-state index in [2.05, 4.69) is 0 Å². The van der Waals surface area contributed by atoms with E-state index < -0.39 is 5.60 Å². The Morgan fingerprint density at radius 1 is 1.47 bits per heavy atom. The normalized spacial score (nSPS) is 22.6. The average molecular weight is 281 g/mol. The number of hydrogen-bond donors (Lipinski definition) is 1. The molecule has 1 amide bonds. The van der Waals surface area contributed by atoms with Crippen LogP contribution in [0.5, 0.6) is 5.75 Å². The SMILES string of the molecule is COc1ccc(SCC(=O)N2CCC(C)(O)C2)cc1. The molecular weight excluding hydrogens is 262 g/mol. The summed E-state index contributed by atoms with van der Waals surface area (Å²) in [4.78, 5) is 14.8. The third-order valence-corrected chi connectivity index (χ3v) is 4.22. The Hall–Kier alpha value is -1.20. The second-order valence-corrected chi connectivity index (χ2v) is 6.08. The highest BCUT2D eigenvalue weighted by Gasteiger charge is 2.33. The summed E-state index contributed by atoms with van der Waals surface area (Å²) in [6, 6.07) is 7.65. The molecule has 1 aromatic carbocycles. The molecule has 104 valence electrons. The standard InChI is InChI=1S/C14H19NO3S/c1-14(17)7-8-15(10-14)13(16)9-19-12-5-3-11(18-2)4-6-12/h3-6,17H,7-10H2,1-2H3. The summed E-state index contributed by atoms with van der Waals surface area (Å²) in [6.07, 6.45) is 0.659. The van der Waals surface area contributed by atoms with Crippen molar-refractivity contribution in [3.05, 3.63) is 24.3 Å². The molecule has 1 aromatic rings. The van der Waals surface area contributed by atoms with E-state index in [1.54, 1.807) is 18.9 Å². The molecule has 4 nitrogen and oxygen atoms in total. The lowest BCUT2D eigenvalue weighted by molar-refractivity contribution is -0.128. The lowest BCUT2D eigenvalue weighted by Gasteiger charge is -2.18. The maximum Gasteiger partial charge on any atom is 0.233 e. The Labute approximate surface area is 117 Å². The van der Waals surface area contributed by atoms with E-state index in [0.29, 0.717) is 25.3 Å². The summed E-state index contributed by atoms with van der Waals surface area (Å²) in [5.74, 6) is 1.30. The molecule has 0 aliphatic carbocycles. The Morgan fingerprint density at radius 2 is 2.16 bits per heavy atom. The van der Waals surface area contributed by atoms with Crippen molar-refractivity contribution in [1.29, 1.82) is 0 Å². The number of nitrogens with zero attached hydrogens (tertiary/aromatic N) is 1. The van der Waals surface area contributed by atoms with E-state index in [1.807, 2.05) is 24.3 Å². The van der Waals surface area contributed by atoms with Crippen molar-refractivity contribution in [2.45, 2.75) is 23.8 Å². The molecule has 0 saturated carbocycles. The summed E-state index contributed by atoms with van der Waals surface area (Å²) in [5.41, 5.74) is -0.722. The number of methoxy groups -OCH3 is 1. The van der Waals surface area contributed by atoms with Gasteiger partial charge in [0.05, 0.1) is 18.5 Å². The van der Waals surface area contributed by atoms with Gasteiger partial charge < -0.3 is 14.7 Å². The van der Waals surface area contributed by atoms with Gasteiger partial charge in [-0.1, -0.05) is 0 Å². The van der Waals surface area contributed by atoms with Gasteiger partial charge in [-0.3, -0.25) is 4.79 Å². The van der Waals surface area contributed by atoms with E-state index in [0.717, 1.165) is 10.6 Å². The van der Waals surface area contributed by atoms with E-state index in [-0.39, 0.29) is 5.91 Å². The van der Waals surface area contributed by atoms with Gasteiger partial charge in [0.25, 0.3) is 0 Å². The summed E-state index contributed by atoms with van der Waals surface area (Å²) < 4.78 is 5.09. The number of likely N-dealkylation sites (tertiary alicyclic amines) is 1. The van der Waals surface area contributed by atoms with Gasteiger partial charge in [0.1, 0.15) is 5.75 Å². The summed E-state index contributed by atoms with van der Waals surface area (Å²) in [6.45, 7) is 2.86. The molecule has 19 heavy (non-hydrogen) atoms. The maximum atomic E-state index is 12.0. The van der Waals surface area contributed by atoms with Crippen LogP contribution in [0.1, 0.15) is 13.3 Å². The number of benzene rings is 1. The predicted octanol–water partition coefficient (Wildman–Crippen LogP) is 1.77. The molecular formula is C14H19NO3S. The number of carbonyl (C=O) groups excluding carboxylic acids is 1. The predicted molar refractivity (Wildman–Crippen MR) is 75.5 cm³/mol. The number of rotatable bonds is 4. The van der Waals surface area contributed by atoms with Crippen molar-refractivity contribution in [1.82, 2.24) is 4.90 Å². The first-order valence-electron chi connectivity index (χ1n) is 6.27. The minimum absolute atomic E-state index is 0.0820. The van der Waals surface area contributed by atoms with Gasteiger partial charge in [0.15, 0.2) is 0 Å². The fraction of sp³-hybridized carbons (Fsp3) is 0.500. The van der Waals surface area contributed by atoms with Gasteiger partial charge in [-0.15, -0.1) is 11.8 Å². The summed E-state index contributed by atoms with van der Waals surface area (Å²) in [7, 11) is 1.63. The third-order valence-electron chi connectivity index (χ3n) is 3.23. The topological polar surface area (TPSA) is 49.8 Å². The van der Waals surface area contributed by atoms with Crippen LogP contribution in [0.25, 0.3) is 0 Å². The quantitative estimate of drug-likeness (QED) is 0.855. The lowest BCUT2D eigenvalue weighted by Crippen LogP contribution is -2.34. The van der Waals surface area contributed by atoms with E-state index >= 15 is 0 Å². The third kappa shape index (κ3) is 3.88. The van der Waals surface area contributed by atoms with Gasteiger partial charge >= 0.3 is 0 Å². The number of thioether (sulfide) groups is 1. The van der Waals surface area contributed by atoms with Crippen molar-refractivity contribution in [3.63, 3.8) is 0 Å². The van der Waals surface area contributed by atoms with Gasteiger partial charge in [-0.05, 0) is 37.6 Å². The van der Waals surface area contributed by atoms with Gasteiger partial charge in [0.2, 0.25) is 5.91 Å². The fourth-order valence-corrected chi connectivity index (χ4v) is 2.87. The molecule has 0 radical (unpaired) electrons. The largest absolute Gasteiger partial charge is 0.497 e. The number of carbonyl (C=O) groups is 1. The monoisotopic (exact) mass is 281 g/mol. The second-order valence-electron chi connectivity index (χ2n) is 5.03. The van der Waals surface area contributed by atoms with E-state index in [4.69, 9.17) is 4.74 Å². The molecule has 1 fully saturated rings. The molecule has 1 N–H and O–H groups in total. The molecule has 1 aliphatic rings. The van der Waals surface area contributed by atoms with Crippen LogP contribution < -0.4 is 4.74 Å². The second kappa shape index (κ2) is 5.84. The van der Waals surface area contributed by atoms with Crippen molar-refractivity contribution >= 4 is 17.7 Å². The van der Waals surface area contributed by atoms with Crippen LogP contribution in [0.2, 0.25) is 0 Å². The molecule has 5 heteroatoms. The van der Waals surface area contributed by atoms with Gasteiger partial charge in [-0.25, -0.2) is 0 Å². The first-order valence-corrected chi connectivity index (χ1v) is 7.26. The Kier molecular flexibility index (Phi) is 4.37. The van der Waals surface area contributed by atoms with E-state index in [1.165, 1.54) is 11.8 Å². The molecule has 1 heterocycles. The average Bonchev–Trinajstić information content (AvgIpc) is 2.77. The Bertz CT molecular complexity index is 445. The van der Waals surface area contributed by atoms with Crippen molar-refractivity contribution in [2.75, 3.05) is 26.0 Å². The highest BCUT2D eigenvalue weighted by molar-refractivity contribution is 8.00. The smallest absolute Gasteiger partial charge is 0.233 e. The minimum atomic E-state index is -0.722. The number of β-amino-alcohol motifs (C(OH)–C–C–N with tert-alkyl or cyclic N) is 1. The molecule has 0 spiro atoms. The van der Waals surface area contributed by atoms with Gasteiger partial charge in [-0.2, -0.15) is 0 Å².